The van der Waals surface area contributed by atoms with Gasteiger partial charge in [0.2, 0.25) is 0 Å². The number of alkyl halides is 3. The van der Waals surface area contributed by atoms with E-state index in [9.17, 15) is 18.3 Å². The molecule has 1 rings (SSSR count). The fourth-order valence-corrected chi connectivity index (χ4v) is 1.78. The SMILES string of the molecule is COc1cnn(CCN(C)C)c1C(O)CCC(F)(F)F. The molecule has 0 aliphatic carbocycles. The molecule has 0 spiro atoms. The van der Waals surface area contributed by atoms with Crippen molar-refractivity contribution in [3.05, 3.63) is 11.9 Å². The van der Waals surface area contributed by atoms with E-state index in [1.165, 1.54) is 18.0 Å². The van der Waals surface area contributed by atoms with E-state index < -0.39 is 25.1 Å². The molecule has 1 aromatic rings. The van der Waals surface area contributed by atoms with Gasteiger partial charge in [-0.3, -0.25) is 4.68 Å². The first-order valence-corrected chi connectivity index (χ1v) is 6.24. The molecule has 0 saturated carbocycles. The van der Waals surface area contributed by atoms with Crippen molar-refractivity contribution in [2.24, 2.45) is 0 Å². The molecule has 0 radical (unpaired) electrons. The number of aromatic nitrogens is 2. The van der Waals surface area contributed by atoms with Crippen LogP contribution in [0, 0.1) is 0 Å². The molecular formula is C12H20F3N3O2. The van der Waals surface area contributed by atoms with E-state index in [1.807, 2.05) is 19.0 Å². The predicted molar refractivity (Wildman–Crippen MR) is 67.6 cm³/mol. The smallest absolute Gasteiger partial charge is 0.389 e. The van der Waals surface area contributed by atoms with E-state index in [0.29, 0.717) is 24.5 Å². The molecule has 8 heteroatoms. The normalized spacial score (nSPS) is 13.8. The zero-order chi connectivity index (χ0) is 15.3. The highest BCUT2D eigenvalue weighted by atomic mass is 19.4. The third kappa shape index (κ3) is 5.01. The summed E-state index contributed by atoms with van der Waals surface area (Å²) in [5.41, 5.74) is 0.290. The Morgan fingerprint density at radius 2 is 2.10 bits per heavy atom. The Labute approximate surface area is 115 Å². The monoisotopic (exact) mass is 295 g/mol. The Morgan fingerprint density at radius 1 is 1.45 bits per heavy atom. The van der Waals surface area contributed by atoms with E-state index in [0.717, 1.165) is 0 Å². The van der Waals surface area contributed by atoms with Gasteiger partial charge < -0.3 is 14.7 Å². The van der Waals surface area contributed by atoms with Crippen molar-refractivity contribution >= 4 is 0 Å². The van der Waals surface area contributed by atoms with Gasteiger partial charge in [0, 0.05) is 13.0 Å². The number of halogens is 3. The molecule has 0 aromatic carbocycles. The first-order valence-electron chi connectivity index (χ1n) is 6.24. The van der Waals surface area contributed by atoms with Gasteiger partial charge >= 0.3 is 6.18 Å². The first kappa shape index (κ1) is 16.8. The molecule has 1 N–H and O–H groups in total. The molecule has 1 heterocycles. The first-order chi connectivity index (χ1) is 9.24. The van der Waals surface area contributed by atoms with Gasteiger partial charge in [0.15, 0.2) is 5.75 Å². The summed E-state index contributed by atoms with van der Waals surface area (Å²) in [6, 6.07) is 0. The van der Waals surface area contributed by atoms with Crippen molar-refractivity contribution in [1.29, 1.82) is 0 Å². The quantitative estimate of drug-likeness (QED) is 0.834. The maximum atomic E-state index is 12.2. The Morgan fingerprint density at radius 3 is 2.60 bits per heavy atom. The van der Waals surface area contributed by atoms with Gasteiger partial charge in [0.05, 0.1) is 26.0 Å². The van der Waals surface area contributed by atoms with Crippen LogP contribution in [0.15, 0.2) is 6.20 Å². The lowest BCUT2D eigenvalue weighted by atomic mass is 10.1. The van der Waals surface area contributed by atoms with Crippen molar-refractivity contribution in [3.8, 4) is 5.75 Å². The zero-order valence-electron chi connectivity index (χ0n) is 11.8. The third-order valence-corrected chi connectivity index (χ3v) is 2.84. The van der Waals surface area contributed by atoms with Crippen molar-refractivity contribution in [2.45, 2.75) is 31.7 Å². The lowest BCUT2D eigenvalue weighted by Crippen LogP contribution is -2.21. The van der Waals surface area contributed by atoms with Gasteiger partial charge in [-0.15, -0.1) is 0 Å². The van der Waals surface area contributed by atoms with Crippen LogP contribution in [0.2, 0.25) is 0 Å². The largest absolute Gasteiger partial charge is 0.493 e. The summed E-state index contributed by atoms with van der Waals surface area (Å²) >= 11 is 0. The van der Waals surface area contributed by atoms with Gasteiger partial charge in [0.1, 0.15) is 5.69 Å². The van der Waals surface area contributed by atoms with Crippen LogP contribution in [0.5, 0.6) is 5.75 Å². The van der Waals surface area contributed by atoms with Gasteiger partial charge in [-0.2, -0.15) is 18.3 Å². The summed E-state index contributed by atoms with van der Waals surface area (Å²) < 4.78 is 43.2. The molecular weight excluding hydrogens is 275 g/mol. The van der Waals surface area contributed by atoms with E-state index in [1.54, 1.807) is 0 Å². The Kier molecular flexibility index (Phi) is 5.82. The van der Waals surface area contributed by atoms with E-state index in [2.05, 4.69) is 5.10 Å². The number of likely N-dealkylation sites (N-methyl/N-ethyl adjacent to an activating group) is 1. The lowest BCUT2D eigenvalue weighted by molar-refractivity contribution is -0.140. The lowest BCUT2D eigenvalue weighted by Gasteiger charge is -2.17. The zero-order valence-corrected chi connectivity index (χ0v) is 11.8. The standard InChI is InChI=1S/C12H20F3N3O2/c1-17(2)6-7-18-11(10(20-3)8-16-18)9(19)4-5-12(13,14)15/h8-9,19H,4-7H2,1-3H3. The van der Waals surface area contributed by atoms with Crippen molar-refractivity contribution in [3.63, 3.8) is 0 Å². The number of aliphatic hydroxyl groups excluding tert-OH is 1. The Bertz CT molecular complexity index is 419. The second-order valence-corrected chi connectivity index (χ2v) is 4.79. The van der Waals surface area contributed by atoms with Crippen LogP contribution in [0.25, 0.3) is 0 Å². The fourth-order valence-electron chi connectivity index (χ4n) is 1.78. The molecule has 116 valence electrons. The maximum absolute atomic E-state index is 12.2. The highest BCUT2D eigenvalue weighted by Crippen LogP contribution is 2.31. The number of aliphatic hydroxyl groups is 1. The Hall–Kier alpha value is -1.28. The van der Waals surface area contributed by atoms with Gasteiger partial charge in [0.25, 0.3) is 0 Å². The van der Waals surface area contributed by atoms with Crippen molar-refractivity contribution < 1.29 is 23.0 Å². The highest BCUT2D eigenvalue weighted by molar-refractivity contribution is 5.27. The molecule has 0 aliphatic rings. The summed E-state index contributed by atoms with van der Waals surface area (Å²) in [7, 11) is 5.15. The molecule has 1 atom stereocenters. The molecule has 20 heavy (non-hydrogen) atoms. The molecule has 0 fully saturated rings. The molecule has 1 aromatic heterocycles. The van der Waals surface area contributed by atoms with Crippen LogP contribution in [0.4, 0.5) is 13.2 Å². The predicted octanol–water partition coefficient (Wildman–Crippen LogP) is 1.83. The van der Waals surface area contributed by atoms with Crippen molar-refractivity contribution in [2.75, 3.05) is 27.7 Å². The summed E-state index contributed by atoms with van der Waals surface area (Å²) in [6.45, 7) is 1.12. The summed E-state index contributed by atoms with van der Waals surface area (Å²) in [5, 5.41) is 14.0. The number of hydrogen-bond donors (Lipinski definition) is 1. The molecule has 5 nitrogen and oxygen atoms in total. The van der Waals surface area contributed by atoms with Crippen molar-refractivity contribution in [1.82, 2.24) is 14.7 Å². The van der Waals surface area contributed by atoms with Crippen LogP contribution in [-0.2, 0) is 6.54 Å². The van der Waals surface area contributed by atoms with Crippen LogP contribution >= 0.6 is 0 Å². The number of nitrogens with zero attached hydrogens (tertiary/aromatic N) is 3. The Balaban J connectivity index is 2.81. The summed E-state index contributed by atoms with van der Waals surface area (Å²) in [4.78, 5) is 1.92. The molecule has 0 saturated heterocycles. The average Bonchev–Trinajstić information content (AvgIpc) is 2.75. The van der Waals surface area contributed by atoms with Crippen LogP contribution in [0.3, 0.4) is 0 Å². The van der Waals surface area contributed by atoms with Crippen LogP contribution < -0.4 is 4.74 Å². The second kappa shape index (κ2) is 6.94. The third-order valence-electron chi connectivity index (χ3n) is 2.84. The van der Waals surface area contributed by atoms with E-state index >= 15 is 0 Å². The summed E-state index contributed by atoms with van der Waals surface area (Å²) in [6.07, 6.45) is -5.59. The number of ether oxygens (including phenoxy) is 1. The van der Waals surface area contributed by atoms with E-state index in [4.69, 9.17) is 4.74 Å². The minimum absolute atomic E-state index is 0.290. The van der Waals surface area contributed by atoms with Gasteiger partial charge in [-0.1, -0.05) is 0 Å². The minimum atomic E-state index is -4.29. The molecule has 0 aliphatic heterocycles. The maximum Gasteiger partial charge on any atom is 0.389 e. The molecule has 0 amide bonds. The van der Waals surface area contributed by atoms with Crippen LogP contribution in [-0.4, -0.2) is 53.7 Å². The van der Waals surface area contributed by atoms with Gasteiger partial charge in [-0.05, 0) is 20.5 Å². The summed E-state index contributed by atoms with van der Waals surface area (Å²) in [5.74, 6) is 0.304. The number of rotatable bonds is 7. The highest BCUT2D eigenvalue weighted by Gasteiger charge is 2.30. The van der Waals surface area contributed by atoms with E-state index in [-0.39, 0.29) is 0 Å². The number of hydrogen-bond acceptors (Lipinski definition) is 4. The number of methoxy groups -OCH3 is 1. The van der Waals surface area contributed by atoms with Gasteiger partial charge in [-0.25, -0.2) is 0 Å². The average molecular weight is 295 g/mol. The minimum Gasteiger partial charge on any atom is -0.493 e. The molecule has 1 unspecified atom stereocenters. The topological polar surface area (TPSA) is 50.5 Å². The second-order valence-electron chi connectivity index (χ2n) is 4.79. The fraction of sp³-hybridized carbons (Fsp3) is 0.750. The van der Waals surface area contributed by atoms with Crippen LogP contribution in [0.1, 0.15) is 24.6 Å². The molecule has 0 bridgehead atoms.